The summed E-state index contributed by atoms with van der Waals surface area (Å²) in [5.41, 5.74) is 4.79. The van der Waals surface area contributed by atoms with Crippen molar-refractivity contribution in [1.29, 1.82) is 0 Å². The molecule has 6 heteroatoms. The third-order valence-electron chi connectivity index (χ3n) is 4.19. The summed E-state index contributed by atoms with van der Waals surface area (Å²) < 4.78 is 2.00. The highest BCUT2D eigenvalue weighted by atomic mass is 35.5. The second kappa shape index (κ2) is 6.69. The van der Waals surface area contributed by atoms with E-state index in [1.54, 1.807) is 12.4 Å². The summed E-state index contributed by atoms with van der Waals surface area (Å²) in [6.45, 7) is 0. The number of aromatic nitrogens is 3. The molecule has 2 aromatic heterocycles. The molecule has 26 heavy (non-hydrogen) atoms. The molecule has 2 heterocycles. The smallest absolute Gasteiger partial charge is 0.157 e. The fraction of sp³-hybridized carbons (Fsp3) is 0.100. The van der Waals surface area contributed by atoms with Gasteiger partial charge < -0.3 is 10.2 Å². The number of nitrogens with one attached hydrogen (secondary N) is 1. The fourth-order valence-corrected chi connectivity index (χ4v) is 2.94. The molecule has 0 unspecified atom stereocenters. The molecule has 0 bridgehead atoms. The molecular weight excluding hydrogens is 346 g/mol. The summed E-state index contributed by atoms with van der Waals surface area (Å²) >= 11 is 6.00. The minimum absolute atomic E-state index is 0.706. The van der Waals surface area contributed by atoms with E-state index in [0.29, 0.717) is 5.02 Å². The van der Waals surface area contributed by atoms with Crippen LogP contribution in [0.4, 0.5) is 17.2 Å². The quantitative estimate of drug-likeness (QED) is 0.562. The van der Waals surface area contributed by atoms with E-state index in [1.807, 2.05) is 49.0 Å². The standard InChI is InChI=1S/C20H18ClN5/c1-25(2)17-9-3-14(4-10-17)19-20(23-16-7-5-15(21)6-8-16)26-12-11-22-13-18(26)24-19/h3-13,23H,1-2H3. The van der Waals surface area contributed by atoms with Crippen LogP contribution in [-0.2, 0) is 0 Å². The van der Waals surface area contributed by atoms with Gasteiger partial charge >= 0.3 is 0 Å². The predicted octanol–water partition coefficient (Wildman–Crippen LogP) is 4.86. The Balaban J connectivity index is 1.82. The number of benzene rings is 2. The van der Waals surface area contributed by atoms with Crippen molar-refractivity contribution in [1.82, 2.24) is 14.4 Å². The molecule has 0 amide bonds. The molecule has 0 atom stereocenters. The normalized spacial score (nSPS) is 10.9. The topological polar surface area (TPSA) is 45.5 Å². The van der Waals surface area contributed by atoms with Crippen molar-refractivity contribution < 1.29 is 0 Å². The van der Waals surface area contributed by atoms with Crippen molar-refractivity contribution >= 4 is 34.4 Å². The summed E-state index contributed by atoms with van der Waals surface area (Å²) in [4.78, 5) is 11.0. The van der Waals surface area contributed by atoms with Crippen molar-refractivity contribution in [2.24, 2.45) is 0 Å². The van der Waals surface area contributed by atoms with Crippen LogP contribution in [0.5, 0.6) is 0 Å². The molecule has 0 saturated heterocycles. The maximum Gasteiger partial charge on any atom is 0.157 e. The number of anilines is 3. The van der Waals surface area contributed by atoms with Crippen LogP contribution in [0.2, 0.25) is 5.02 Å². The third kappa shape index (κ3) is 3.09. The minimum Gasteiger partial charge on any atom is -0.378 e. The molecule has 0 aliphatic heterocycles. The highest BCUT2D eigenvalue weighted by Crippen LogP contribution is 2.32. The van der Waals surface area contributed by atoms with E-state index in [1.165, 1.54) is 0 Å². The lowest BCUT2D eigenvalue weighted by molar-refractivity contribution is 1.13. The van der Waals surface area contributed by atoms with Crippen LogP contribution in [0.3, 0.4) is 0 Å². The molecule has 1 N–H and O–H groups in total. The van der Waals surface area contributed by atoms with Gasteiger partial charge in [-0.05, 0) is 36.4 Å². The second-order valence-corrected chi connectivity index (χ2v) is 6.62. The Bertz CT molecular complexity index is 1040. The maximum atomic E-state index is 6.00. The Hall–Kier alpha value is -3.05. The molecule has 130 valence electrons. The molecule has 0 aliphatic rings. The van der Waals surface area contributed by atoms with E-state index in [-0.39, 0.29) is 0 Å². The molecule has 4 aromatic rings. The van der Waals surface area contributed by atoms with Gasteiger partial charge in [0.2, 0.25) is 0 Å². The maximum absolute atomic E-state index is 6.00. The van der Waals surface area contributed by atoms with E-state index >= 15 is 0 Å². The van der Waals surface area contributed by atoms with Crippen molar-refractivity contribution in [3.8, 4) is 11.3 Å². The molecule has 0 spiro atoms. The number of nitrogens with zero attached hydrogens (tertiary/aromatic N) is 4. The van der Waals surface area contributed by atoms with Crippen LogP contribution in [0.25, 0.3) is 16.9 Å². The van der Waals surface area contributed by atoms with Crippen molar-refractivity contribution in [2.45, 2.75) is 0 Å². The number of hydrogen-bond acceptors (Lipinski definition) is 4. The lowest BCUT2D eigenvalue weighted by Gasteiger charge is -2.13. The van der Waals surface area contributed by atoms with Crippen LogP contribution < -0.4 is 10.2 Å². The summed E-state index contributed by atoms with van der Waals surface area (Å²) in [7, 11) is 4.05. The van der Waals surface area contributed by atoms with Crippen molar-refractivity contribution in [3.05, 3.63) is 72.1 Å². The molecule has 5 nitrogen and oxygen atoms in total. The number of imidazole rings is 1. The van der Waals surface area contributed by atoms with Crippen LogP contribution in [0.15, 0.2) is 67.1 Å². The minimum atomic E-state index is 0.706. The van der Waals surface area contributed by atoms with Crippen LogP contribution in [0, 0.1) is 0 Å². The lowest BCUT2D eigenvalue weighted by atomic mass is 10.1. The van der Waals surface area contributed by atoms with Gasteiger partial charge in [0.05, 0.1) is 6.20 Å². The van der Waals surface area contributed by atoms with Gasteiger partial charge in [-0.3, -0.25) is 9.38 Å². The zero-order valence-corrected chi connectivity index (χ0v) is 15.3. The van der Waals surface area contributed by atoms with Crippen molar-refractivity contribution in [3.63, 3.8) is 0 Å². The summed E-state index contributed by atoms with van der Waals surface area (Å²) in [6.07, 6.45) is 5.41. The van der Waals surface area contributed by atoms with Crippen LogP contribution >= 0.6 is 11.6 Å². The first-order chi connectivity index (χ1) is 12.6. The van der Waals surface area contributed by atoms with Crippen LogP contribution in [0.1, 0.15) is 0 Å². The largest absolute Gasteiger partial charge is 0.378 e. The van der Waals surface area contributed by atoms with Gasteiger partial charge in [-0.25, -0.2) is 4.98 Å². The Labute approximate surface area is 156 Å². The van der Waals surface area contributed by atoms with Gasteiger partial charge in [0, 0.05) is 48.4 Å². The van der Waals surface area contributed by atoms with Gasteiger partial charge in [-0.1, -0.05) is 23.7 Å². The van der Waals surface area contributed by atoms with E-state index in [2.05, 4.69) is 39.5 Å². The third-order valence-corrected chi connectivity index (χ3v) is 4.45. The van der Waals surface area contributed by atoms with E-state index in [9.17, 15) is 0 Å². The predicted molar refractivity (Wildman–Crippen MR) is 107 cm³/mol. The van der Waals surface area contributed by atoms with Crippen LogP contribution in [-0.4, -0.2) is 28.5 Å². The first-order valence-corrected chi connectivity index (χ1v) is 8.62. The van der Waals surface area contributed by atoms with Gasteiger partial charge in [-0.15, -0.1) is 0 Å². The summed E-state index contributed by atoms with van der Waals surface area (Å²) in [5, 5.41) is 4.17. The van der Waals surface area contributed by atoms with Gasteiger partial charge in [0.1, 0.15) is 11.5 Å². The monoisotopic (exact) mass is 363 g/mol. The Kier molecular flexibility index (Phi) is 4.22. The molecular formula is C20H18ClN5. The first-order valence-electron chi connectivity index (χ1n) is 8.24. The van der Waals surface area contributed by atoms with E-state index in [0.717, 1.165) is 34.1 Å². The average molecular weight is 364 g/mol. The Morgan fingerprint density at radius 3 is 2.42 bits per heavy atom. The Morgan fingerprint density at radius 1 is 1.00 bits per heavy atom. The second-order valence-electron chi connectivity index (χ2n) is 6.19. The number of fused-ring (bicyclic) bond motifs is 1. The molecule has 2 aromatic carbocycles. The number of halogens is 1. The molecule has 0 aliphatic carbocycles. The fourth-order valence-electron chi connectivity index (χ4n) is 2.81. The highest BCUT2D eigenvalue weighted by molar-refractivity contribution is 6.30. The molecule has 0 radical (unpaired) electrons. The number of rotatable bonds is 4. The van der Waals surface area contributed by atoms with Gasteiger partial charge in [0.25, 0.3) is 0 Å². The zero-order chi connectivity index (χ0) is 18.1. The molecule has 4 rings (SSSR count). The summed E-state index contributed by atoms with van der Waals surface area (Å²) in [5.74, 6) is 0.891. The zero-order valence-electron chi connectivity index (χ0n) is 14.5. The number of hydrogen-bond donors (Lipinski definition) is 1. The molecule has 0 saturated carbocycles. The lowest BCUT2D eigenvalue weighted by Crippen LogP contribution is -2.07. The van der Waals surface area contributed by atoms with Gasteiger partial charge in [0.15, 0.2) is 5.65 Å². The van der Waals surface area contributed by atoms with Gasteiger partial charge in [-0.2, -0.15) is 0 Å². The van der Waals surface area contributed by atoms with E-state index < -0.39 is 0 Å². The average Bonchev–Trinajstić information content (AvgIpc) is 3.02. The van der Waals surface area contributed by atoms with E-state index in [4.69, 9.17) is 16.6 Å². The first kappa shape index (κ1) is 16.4. The van der Waals surface area contributed by atoms with Crippen molar-refractivity contribution in [2.75, 3.05) is 24.3 Å². The summed E-state index contributed by atoms with van der Waals surface area (Å²) in [6, 6.07) is 16.0. The SMILES string of the molecule is CN(C)c1ccc(-c2nc3cnccn3c2Nc2ccc(Cl)cc2)cc1. The molecule has 0 fully saturated rings. The Morgan fingerprint density at radius 2 is 1.73 bits per heavy atom. The highest BCUT2D eigenvalue weighted by Gasteiger charge is 2.14.